The molecular weight excluding hydrogens is 252 g/mol. The van der Waals surface area contributed by atoms with Crippen LogP contribution in [0.25, 0.3) is 0 Å². The summed E-state index contributed by atoms with van der Waals surface area (Å²) in [4.78, 5) is 4.33. The fourth-order valence-electron chi connectivity index (χ4n) is 1.48. The van der Waals surface area contributed by atoms with Crippen molar-refractivity contribution in [2.75, 3.05) is 23.4 Å². The summed E-state index contributed by atoms with van der Waals surface area (Å²) in [5.74, 6) is 0.641. The van der Waals surface area contributed by atoms with Gasteiger partial charge in [0.15, 0.2) is 9.84 Å². The van der Waals surface area contributed by atoms with Gasteiger partial charge in [0.25, 0.3) is 0 Å². The zero-order valence-electron chi connectivity index (χ0n) is 11.1. The molecule has 0 unspecified atom stereocenters. The Morgan fingerprint density at radius 1 is 1.06 bits per heavy atom. The standard InChI is InChI=1S/C11H20N4O2S/c1-4-9-10(5-2)14-15-11(13-9)12-7-8-18(16,17)6-3/h4-8H2,1-3H3,(H,12,13,15). The molecule has 0 aliphatic heterocycles. The molecule has 0 aromatic carbocycles. The van der Waals surface area contributed by atoms with Crippen LogP contribution in [0.4, 0.5) is 5.95 Å². The van der Waals surface area contributed by atoms with E-state index in [9.17, 15) is 8.42 Å². The second-order valence-corrected chi connectivity index (χ2v) is 6.37. The monoisotopic (exact) mass is 272 g/mol. The lowest BCUT2D eigenvalue weighted by Crippen LogP contribution is -2.19. The minimum absolute atomic E-state index is 0.0872. The lowest BCUT2D eigenvalue weighted by Gasteiger charge is -2.07. The Bertz CT molecular complexity index is 488. The smallest absolute Gasteiger partial charge is 0.243 e. The SMILES string of the molecule is CCc1nnc(NCCS(=O)(=O)CC)nc1CC. The van der Waals surface area contributed by atoms with E-state index < -0.39 is 9.84 Å². The maximum absolute atomic E-state index is 11.3. The van der Waals surface area contributed by atoms with E-state index in [1.807, 2.05) is 13.8 Å². The molecule has 0 bridgehead atoms. The molecule has 0 amide bonds. The van der Waals surface area contributed by atoms with Crippen molar-refractivity contribution in [3.63, 3.8) is 0 Å². The molecular formula is C11H20N4O2S. The van der Waals surface area contributed by atoms with Crippen LogP contribution in [0.15, 0.2) is 0 Å². The molecule has 0 aliphatic rings. The van der Waals surface area contributed by atoms with E-state index in [-0.39, 0.29) is 11.5 Å². The molecule has 0 saturated carbocycles. The quantitative estimate of drug-likeness (QED) is 0.792. The summed E-state index contributed by atoms with van der Waals surface area (Å²) < 4.78 is 22.6. The first-order valence-corrected chi connectivity index (χ1v) is 8.01. The van der Waals surface area contributed by atoms with Gasteiger partial charge in [0, 0.05) is 12.3 Å². The van der Waals surface area contributed by atoms with Crippen LogP contribution in [0.1, 0.15) is 32.2 Å². The highest BCUT2D eigenvalue weighted by Crippen LogP contribution is 2.06. The van der Waals surface area contributed by atoms with Gasteiger partial charge in [0.1, 0.15) is 0 Å². The fraction of sp³-hybridized carbons (Fsp3) is 0.727. The number of nitrogens with zero attached hydrogens (tertiary/aromatic N) is 3. The van der Waals surface area contributed by atoms with Crippen molar-refractivity contribution in [2.24, 2.45) is 0 Å². The summed E-state index contributed by atoms with van der Waals surface area (Å²) in [5.41, 5.74) is 1.80. The Balaban J connectivity index is 2.63. The summed E-state index contributed by atoms with van der Waals surface area (Å²) in [6.45, 7) is 5.96. The second-order valence-electron chi connectivity index (χ2n) is 3.90. The van der Waals surface area contributed by atoms with Gasteiger partial charge in [-0.05, 0) is 12.8 Å². The Morgan fingerprint density at radius 2 is 1.72 bits per heavy atom. The molecule has 18 heavy (non-hydrogen) atoms. The number of aromatic nitrogens is 3. The first kappa shape index (κ1) is 14.8. The Labute approximate surface area is 108 Å². The van der Waals surface area contributed by atoms with Gasteiger partial charge in [-0.3, -0.25) is 0 Å². The van der Waals surface area contributed by atoms with Gasteiger partial charge >= 0.3 is 0 Å². The molecule has 0 spiro atoms. The predicted molar refractivity (Wildman–Crippen MR) is 71.4 cm³/mol. The average Bonchev–Trinajstić information content (AvgIpc) is 2.38. The summed E-state index contributed by atoms with van der Waals surface area (Å²) in [5, 5.41) is 10.9. The molecule has 7 heteroatoms. The van der Waals surface area contributed by atoms with E-state index in [4.69, 9.17) is 0 Å². The lowest BCUT2D eigenvalue weighted by atomic mass is 10.2. The van der Waals surface area contributed by atoms with Crippen molar-refractivity contribution in [3.8, 4) is 0 Å². The zero-order valence-corrected chi connectivity index (χ0v) is 11.9. The molecule has 1 aromatic rings. The number of hydrogen-bond acceptors (Lipinski definition) is 6. The van der Waals surface area contributed by atoms with Crippen LogP contribution in [0, 0.1) is 0 Å². The van der Waals surface area contributed by atoms with Crippen molar-refractivity contribution < 1.29 is 8.42 Å². The van der Waals surface area contributed by atoms with E-state index >= 15 is 0 Å². The summed E-state index contributed by atoms with van der Waals surface area (Å²) in [6, 6.07) is 0. The molecule has 6 nitrogen and oxygen atoms in total. The molecule has 0 fully saturated rings. The first-order chi connectivity index (χ1) is 8.52. The van der Waals surface area contributed by atoms with Crippen LogP contribution >= 0.6 is 0 Å². The van der Waals surface area contributed by atoms with E-state index in [0.29, 0.717) is 12.5 Å². The highest BCUT2D eigenvalue weighted by Gasteiger charge is 2.09. The van der Waals surface area contributed by atoms with E-state index in [0.717, 1.165) is 24.2 Å². The van der Waals surface area contributed by atoms with Gasteiger partial charge in [0.2, 0.25) is 5.95 Å². The maximum atomic E-state index is 11.3. The number of rotatable bonds is 7. The van der Waals surface area contributed by atoms with Crippen molar-refractivity contribution in [3.05, 3.63) is 11.4 Å². The summed E-state index contributed by atoms with van der Waals surface area (Å²) >= 11 is 0. The van der Waals surface area contributed by atoms with Crippen LogP contribution in [0.5, 0.6) is 0 Å². The van der Waals surface area contributed by atoms with Gasteiger partial charge in [-0.25, -0.2) is 13.4 Å². The maximum Gasteiger partial charge on any atom is 0.243 e. The Kier molecular flexibility index (Phi) is 5.46. The van der Waals surface area contributed by atoms with E-state index in [1.165, 1.54) is 0 Å². The minimum Gasteiger partial charge on any atom is -0.352 e. The van der Waals surface area contributed by atoms with Crippen LogP contribution in [-0.4, -0.2) is 41.6 Å². The Morgan fingerprint density at radius 3 is 2.28 bits per heavy atom. The highest BCUT2D eigenvalue weighted by atomic mass is 32.2. The topological polar surface area (TPSA) is 84.8 Å². The van der Waals surface area contributed by atoms with Gasteiger partial charge in [-0.15, -0.1) is 5.10 Å². The summed E-state index contributed by atoms with van der Waals surface area (Å²) in [7, 11) is -2.96. The average molecular weight is 272 g/mol. The highest BCUT2D eigenvalue weighted by molar-refractivity contribution is 7.91. The molecule has 0 radical (unpaired) electrons. The summed E-state index contributed by atoms with van der Waals surface area (Å²) in [6.07, 6.45) is 1.59. The van der Waals surface area contributed by atoms with Gasteiger partial charge in [0.05, 0.1) is 17.1 Å². The van der Waals surface area contributed by atoms with Gasteiger partial charge < -0.3 is 5.32 Å². The number of aryl methyl sites for hydroxylation is 2. The molecule has 102 valence electrons. The predicted octanol–water partition coefficient (Wildman–Crippen LogP) is 0.843. The number of hydrogen-bond donors (Lipinski definition) is 1. The van der Waals surface area contributed by atoms with Crippen LogP contribution < -0.4 is 5.32 Å². The Hall–Kier alpha value is -1.24. The molecule has 0 atom stereocenters. The third-order valence-corrected chi connectivity index (χ3v) is 4.35. The van der Waals surface area contributed by atoms with Gasteiger partial charge in [-0.2, -0.15) is 5.10 Å². The largest absolute Gasteiger partial charge is 0.352 e. The second kappa shape index (κ2) is 6.63. The van der Waals surface area contributed by atoms with Crippen molar-refractivity contribution >= 4 is 15.8 Å². The third-order valence-electron chi connectivity index (χ3n) is 2.65. The normalized spacial score (nSPS) is 11.5. The number of sulfone groups is 1. The molecule has 0 aliphatic carbocycles. The van der Waals surface area contributed by atoms with Crippen molar-refractivity contribution in [1.29, 1.82) is 0 Å². The molecule has 0 saturated heterocycles. The number of anilines is 1. The van der Waals surface area contributed by atoms with Crippen molar-refractivity contribution in [1.82, 2.24) is 15.2 Å². The van der Waals surface area contributed by atoms with E-state index in [2.05, 4.69) is 20.5 Å². The molecule has 1 rings (SSSR count). The van der Waals surface area contributed by atoms with Crippen molar-refractivity contribution in [2.45, 2.75) is 33.6 Å². The van der Waals surface area contributed by atoms with Crippen LogP contribution in [0.3, 0.4) is 0 Å². The van der Waals surface area contributed by atoms with Crippen LogP contribution in [0.2, 0.25) is 0 Å². The van der Waals surface area contributed by atoms with E-state index in [1.54, 1.807) is 6.92 Å². The fourth-order valence-corrected chi connectivity index (χ4v) is 2.18. The van der Waals surface area contributed by atoms with Crippen LogP contribution in [-0.2, 0) is 22.7 Å². The zero-order chi connectivity index (χ0) is 13.6. The first-order valence-electron chi connectivity index (χ1n) is 6.19. The number of nitrogens with one attached hydrogen (secondary N) is 1. The molecule has 1 aromatic heterocycles. The molecule has 1 heterocycles. The minimum atomic E-state index is -2.96. The molecule has 1 N–H and O–H groups in total. The van der Waals surface area contributed by atoms with Gasteiger partial charge in [-0.1, -0.05) is 20.8 Å². The lowest BCUT2D eigenvalue weighted by molar-refractivity contribution is 0.597. The third kappa shape index (κ3) is 4.21.